The van der Waals surface area contributed by atoms with Gasteiger partial charge >= 0.3 is 0 Å². The minimum absolute atomic E-state index is 0.0130. The first kappa shape index (κ1) is 14.1. The summed E-state index contributed by atoms with van der Waals surface area (Å²) in [6.45, 7) is 7.08. The highest BCUT2D eigenvalue weighted by molar-refractivity contribution is 5.93. The number of fused-ring (bicyclic) bond motifs is 1. The van der Waals surface area contributed by atoms with Gasteiger partial charge in [0.2, 0.25) is 5.91 Å². The quantitative estimate of drug-likeness (QED) is 0.819. The third-order valence-corrected chi connectivity index (χ3v) is 4.44. The van der Waals surface area contributed by atoms with Gasteiger partial charge in [0.1, 0.15) is 5.69 Å². The average Bonchev–Trinajstić information content (AvgIpc) is 3.07. The first-order valence-corrected chi connectivity index (χ1v) is 7.53. The summed E-state index contributed by atoms with van der Waals surface area (Å²) in [6.07, 6.45) is 1.62. The summed E-state index contributed by atoms with van der Waals surface area (Å²) in [5.41, 5.74) is 0.585. The molecule has 2 aliphatic heterocycles. The highest BCUT2D eigenvalue weighted by atomic mass is 16.2. The summed E-state index contributed by atoms with van der Waals surface area (Å²) in [6, 6.07) is 1.73. The van der Waals surface area contributed by atoms with Gasteiger partial charge in [-0.3, -0.25) is 14.3 Å². The number of aryl methyl sites for hydroxylation is 1. The zero-order valence-electron chi connectivity index (χ0n) is 12.8. The average molecular weight is 290 g/mol. The molecule has 2 saturated heterocycles. The molecule has 1 aromatic heterocycles. The molecule has 0 spiro atoms. The van der Waals surface area contributed by atoms with Crippen LogP contribution in [0.2, 0.25) is 0 Å². The van der Waals surface area contributed by atoms with Crippen molar-refractivity contribution in [2.75, 3.05) is 26.2 Å². The number of amides is 2. The second-order valence-corrected chi connectivity index (χ2v) is 6.55. The van der Waals surface area contributed by atoms with E-state index in [0.717, 1.165) is 13.1 Å². The lowest BCUT2D eigenvalue weighted by Crippen LogP contribution is -2.37. The van der Waals surface area contributed by atoms with Crippen molar-refractivity contribution in [1.82, 2.24) is 19.6 Å². The van der Waals surface area contributed by atoms with Crippen molar-refractivity contribution in [1.29, 1.82) is 0 Å². The fourth-order valence-electron chi connectivity index (χ4n) is 3.46. The van der Waals surface area contributed by atoms with Crippen molar-refractivity contribution in [2.45, 2.75) is 13.8 Å². The van der Waals surface area contributed by atoms with Crippen molar-refractivity contribution in [2.24, 2.45) is 24.8 Å². The van der Waals surface area contributed by atoms with Crippen LogP contribution in [-0.4, -0.2) is 57.6 Å². The highest BCUT2D eigenvalue weighted by Crippen LogP contribution is 2.33. The summed E-state index contributed by atoms with van der Waals surface area (Å²) >= 11 is 0. The Balaban J connectivity index is 1.67. The van der Waals surface area contributed by atoms with Crippen LogP contribution in [0, 0.1) is 17.8 Å². The Morgan fingerprint density at radius 1 is 1.38 bits per heavy atom. The van der Waals surface area contributed by atoms with Gasteiger partial charge in [-0.25, -0.2) is 0 Å². The molecule has 0 bridgehead atoms. The minimum atomic E-state index is -0.0207. The molecule has 2 aliphatic rings. The van der Waals surface area contributed by atoms with Gasteiger partial charge in [-0.1, -0.05) is 13.8 Å². The van der Waals surface area contributed by atoms with E-state index in [9.17, 15) is 9.59 Å². The second-order valence-electron chi connectivity index (χ2n) is 6.55. The van der Waals surface area contributed by atoms with Gasteiger partial charge in [0, 0.05) is 45.3 Å². The number of aromatic nitrogens is 2. The Labute approximate surface area is 124 Å². The van der Waals surface area contributed by atoms with E-state index in [0.29, 0.717) is 24.7 Å². The Bertz CT molecular complexity index is 566. The topological polar surface area (TPSA) is 58.4 Å². The molecule has 0 aliphatic carbocycles. The summed E-state index contributed by atoms with van der Waals surface area (Å²) in [7, 11) is 1.76. The summed E-state index contributed by atoms with van der Waals surface area (Å²) in [4.78, 5) is 28.6. The molecular weight excluding hydrogens is 268 g/mol. The third kappa shape index (κ3) is 2.43. The molecule has 1 aromatic rings. The Morgan fingerprint density at radius 3 is 2.71 bits per heavy atom. The molecule has 3 rings (SSSR count). The molecule has 6 heteroatoms. The summed E-state index contributed by atoms with van der Waals surface area (Å²) < 4.78 is 1.59. The van der Waals surface area contributed by atoms with Crippen molar-refractivity contribution in [3.05, 3.63) is 18.0 Å². The smallest absolute Gasteiger partial charge is 0.272 e. The lowest BCUT2D eigenvalue weighted by atomic mass is 10.0. The van der Waals surface area contributed by atoms with Crippen LogP contribution in [0.5, 0.6) is 0 Å². The SMILES string of the molecule is CC(C)CN1C[C@@H]2CN(C(=O)c3ccnn3C)C[C@H]2C1=O. The van der Waals surface area contributed by atoms with E-state index < -0.39 is 0 Å². The van der Waals surface area contributed by atoms with Crippen molar-refractivity contribution in [3.8, 4) is 0 Å². The van der Waals surface area contributed by atoms with Gasteiger partial charge in [0.25, 0.3) is 5.91 Å². The van der Waals surface area contributed by atoms with Gasteiger partial charge in [-0.05, 0) is 12.0 Å². The predicted octanol–water partition coefficient (Wildman–Crippen LogP) is 0.607. The van der Waals surface area contributed by atoms with Crippen LogP contribution in [0.3, 0.4) is 0 Å². The highest BCUT2D eigenvalue weighted by Gasteiger charge is 2.47. The van der Waals surface area contributed by atoms with Crippen molar-refractivity contribution >= 4 is 11.8 Å². The number of hydrogen-bond acceptors (Lipinski definition) is 3. The van der Waals surface area contributed by atoms with Gasteiger partial charge in [0.15, 0.2) is 0 Å². The molecule has 6 nitrogen and oxygen atoms in total. The van der Waals surface area contributed by atoms with Crippen molar-refractivity contribution < 1.29 is 9.59 Å². The standard InChI is InChI=1S/C15H22N4O2/c1-10(2)6-18-7-11-8-19(9-12(11)14(18)20)15(21)13-4-5-16-17(13)3/h4-5,10-12H,6-9H2,1-3H3/t11-,12-/m1/s1. The Morgan fingerprint density at radius 2 is 2.14 bits per heavy atom. The van der Waals surface area contributed by atoms with E-state index in [1.807, 2.05) is 4.90 Å². The molecule has 2 fully saturated rings. The van der Waals surface area contributed by atoms with Crippen molar-refractivity contribution in [3.63, 3.8) is 0 Å². The van der Waals surface area contributed by atoms with E-state index >= 15 is 0 Å². The molecule has 0 saturated carbocycles. The Kier molecular flexibility index (Phi) is 3.47. The van der Waals surface area contributed by atoms with Crippen LogP contribution >= 0.6 is 0 Å². The molecule has 0 N–H and O–H groups in total. The van der Waals surface area contributed by atoms with Crippen LogP contribution in [0.25, 0.3) is 0 Å². The van der Waals surface area contributed by atoms with Gasteiger partial charge in [-0.15, -0.1) is 0 Å². The maximum absolute atomic E-state index is 12.5. The molecule has 21 heavy (non-hydrogen) atoms. The van der Waals surface area contributed by atoms with E-state index in [1.165, 1.54) is 0 Å². The molecule has 0 radical (unpaired) electrons. The zero-order valence-corrected chi connectivity index (χ0v) is 12.8. The monoisotopic (exact) mass is 290 g/mol. The van der Waals surface area contributed by atoms with E-state index in [-0.39, 0.29) is 23.7 Å². The molecule has 3 heterocycles. The number of rotatable bonds is 3. The predicted molar refractivity (Wildman–Crippen MR) is 77.5 cm³/mol. The summed E-state index contributed by atoms with van der Waals surface area (Å²) in [5, 5.41) is 4.03. The lowest BCUT2D eigenvalue weighted by molar-refractivity contribution is -0.131. The molecular formula is C15H22N4O2. The number of hydrogen-bond donors (Lipinski definition) is 0. The van der Waals surface area contributed by atoms with Gasteiger partial charge in [0.05, 0.1) is 5.92 Å². The minimum Gasteiger partial charge on any atom is -0.342 e. The number of carbonyl (C=O) groups is 2. The van der Waals surface area contributed by atoms with E-state index in [4.69, 9.17) is 0 Å². The molecule has 0 unspecified atom stereocenters. The van der Waals surface area contributed by atoms with Crippen LogP contribution in [-0.2, 0) is 11.8 Å². The Hall–Kier alpha value is -1.85. The van der Waals surface area contributed by atoms with Crippen LogP contribution in [0.1, 0.15) is 24.3 Å². The normalized spacial score (nSPS) is 25.0. The molecule has 0 aromatic carbocycles. The summed E-state index contributed by atoms with van der Waals surface area (Å²) in [5.74, 6) is 0.955. The van der Waals surface area contributed by atoms with Gasteiger partial charge < -0.3 is 9.80 Å². The van der Waals surface area contributed by atoms with E-state index in [2.05, 4.69) is 18.9 Å². The molecule has 114 valence electrons. The van der Waals surface area contributed by atoms with Crippen LogP contribution < -0.4 is 0 Å². The lowest BCUT2D eigenvalue weighted by Gasteiger charge is -2.23. The number of nitrogens with zero attached hydrogens (tertiary/aromatic N) is 4. The maximum Gasteiger partial charge on any atom is 0.272 e. The number of carbonyl (C=O) groups excluding carboxylic acids is 2. The molecule has 2 amide bonds. The third-order valence-electron chi connectivity index (χ3n) is 4.44. The van der Waals surface area contributed by atoms with Crippen LogP contribution in [0.15, 0.2) is 12.3 Å². The van der Waals surface area contributed by atoms with Crippen LogP contribution in [0.4, 0.5) is 0 Å². The zero-order chi connectivity index (χ0) is 15.1. The van der Waals surface area contributed by atoms with E-state index in [1.54, 1.807) is 28.9 Å². The fourth-order valence-corrected chi connectivity index (χ4v) is 3.46. The first-order valence-electron chi connectivity index (χ1n) is 7.53. The maximum atomic E-state index is 12.5. The first-order chi connectivity index (χ1) is 9.97. The number of likely N-dealkylation sites (tertiary alicyclic amines) is 2. The molecule has 2 atom stereocenters. The van der Waals surface area contributed by atoms with Gasteiger partial charge in [-0.2, -0.15) is 5.10 Å². The fraction of sp³-hybridized carbons (Fsp3) is 0.667. The largest absolute Gasteiger partial charge is 0.342 e. The second kappa shape index (κ2) is 5.16.